The Morgan fingerprint density at radius 2 is 2.04 bits per heavy atom. The lowest BCUT2D eigenvalue weighted by atomic mass is 10.1. The fourth-order valence-electron chi connectivity index (χ4n) is 2.43. The smallest absolute Gasteiger partial charge is 0.255 e. The fourth-order valence-corrected chi connectivity index (χ4v) is 3.13. The summed E-state index contributed by atoms with van der Waals surface area (Å²) < 4.78 is 10.4. The molecular weight excluding hydrogens is 336 g/mol. The van der Waals surface area contributed by atoms with Crippen molar-refractivity contribution in [3.05, 3.63) is 65.3 Å². The molecule has 128 valence electrons. The average Bonchev–Trinajstić information content (AvgIpc) is 3.20. The van der Waals surface area contributed by atoms with Gasteiger partial charge in [-0.2, -0.15) is 0 Å². The monoisotopic (exact) mass is 354 g/mol. The molecule has 0 atom stereocenters. The number of hydrogen-bond donors (Lipinski definition) is 1. The molecule has 1 aromatic carbocycles. The molecule has 5 nitrogen and oxygen atoms in total. The number of ether oxygens (including phenoxy) is 2. The van der Waals surface area contributed by atoms with E-state index < -0.39 is 0 Å². The zero-order chi connectivity index (χ0) is 17.6. The minimum absolute atomic E-state index is 0.207. The van der Waals surface area contributed by atoms with Gasteiger partial charge in [0.05, 0.1) is 19.8 Å². The molecule has 2 aromatic heterocycles. The molecule has 0 saturated heterocycles. The van der Waals surface area contributed by atoms with Crippen molar-refractivity contribution in [2.75, 3.05) is 14.2 Å². The van der Waals surface area contributed by atoms with Gasteiger partial charge in [0, 0.05) is 35.4 Å². The number of carbonyl (C=O) groups is 1. The predicted molar refractivity (Wildman–Crippen MR) is 98.3 cm³/mol. The largest absolute Gasteiger partial charge is 0.497 e. The first kappa shape index (κ1) is 17.0. The maximum absolute atomic E-state index is 12.5. The molecule has 0 unspecified atom stereocenters. The minimum atomic E-state index is -0.207. The molecule has 0 saturated carbocycles. The van der Waals surface area contributed by atoms with Gasteiger partial charge in [0.25, 0.3) is 5.91 Å². The molecule has 0 radical (unpaired) electrons. The number of nitrogens with one attached hydrogen (secondary N) is 1. The van der Waals surface area contributed by atoms with Gasteiger partial charge in [0.15, 0.2) is 0 Å². The molecule has 0 fully saturated rings. The van der Waals surface area contributed by atoms with Crippen LogP contribution in [-0.4, -0.2) is 25.1 Å². The molecule has 0 aliphatic rings. The van der Waals surface area contributed by atoms with E-state index in [-0.39, 0.29) is 5.91 Å². The second-order valence-corrected chi connectivity index (χ2v) is 6.26. The highest BCUT2D eigenvalue weighted by molar-refractivity contribution is 7.13. The van der Waals surface area contributed by atoms with Crippen molar-refractivity contribution >= 4 is 17.2 Å². The van der Waals surface area contributed by atoms with Crippen molar-refractivity contribution in [3.8, 4) is 21.9 Å². The quantitative estimate of drug-likeness (QED) is 0.732. The zero-order valence-corrected chi connectivity index (χ0v) is 14.8. The van der Waals surface area contributed by atoms with E-state index in [1.165, 1.54) is 7.11 Å². The highest BCUT2D eigenvalue weighted by Gasteiger charge is 2.13. The minimum Gasteiger partial charge on any atom is -0.497 e. The topological polar surface area (TPSA) is 60.5 Å². The Morgan fingerprint density at radius 3 is 2.76 bits per heavy atom. The van der Waals surface area contributed by atoms with E-state index in [1.807, 2.05) is 29.8 Å². The number of amides is 1. The van der Waals surface area contributed by atoms with E-state index in [0.29, 0.717) is 23.6 Å². The number of thiophene rings is 1. The van der Waals surface area contributed by atoms with E-state index in [4.69, 9.17) is 9.47 Å². The van der Waals surface area contributed by atoms with Crippen molar-refractivity contribution in [2.24, 2.45) is 0 Å². The van der Waals surface area contributed by atoms with Crippen molar-refractivity contribution in [1.29, 1.82) is 0 Å². The van der Waals surface area contributed by atoms with Crippen LogP contribution >= 0.6 is 11.3 Å². The molecule has 2 heterocycles. The lowest BCUT2D eigenvalue weighted by Crippen LogP contribution is -2.23. The van der Waals surface area contributed by atoms with Crippen LogP contribution in [0.3, 0.4) is 0 Å². The molecule has 6 heteroatoms. The summed E-state index contributed by atoms with van der Waals surface area (Å²) in [7, 11) is 3.10. The first-order valence-electron chi connectivity index (χ1n) is 7.69. The number of methoxy groups -OCH3 is 2. The predicted octanol–water partition coefficient (Wildman–Crippen LogP) is 3.76. The standard InChI is InChI=1S/C19H18N2O3S/c1-23-15-5-6-16(17(9-15)24-2)19(22)21-11-13-8-14(12-20-10-13)18-4-3-7-25-18/h3-10,12H,11H2,1-2H3,(H,21,22). The first-order valence-corrected chi connectivity index (χ1v) is 8.57. The summed E-state index contributed by atoms with van der Waals surface area (Å²) in [5.41, 5.74) is 2.45. The third kappa shape index (κ3) is 3.97. The number of pyridine rings is 1. The van der Waals surface area contributed by atoms with Crippen molar-refractivity contribution in [1.82, 2.24) is 10.3 Å². The summed E-state index contributed by atoms with van der Waals surface area (Å²) in [5.74, 6) is 0.907. The Hall–Kier alpha value is -2.86. The SMILES string of the molecule is COc1ccc(C(=O)NCc2cncc(-c3cccs3)c2)c(OC)c1. The molecule has 0 spiro atoms. The Kier molecular flexibility index (Phi) is 5.30. The van der Waals surface area contributed by atoms with Crippen molar-refractivity contribution in [2.45, 2.75) is 6.54 Å². The first-order chi connectivity index (χ1) is 12.2. The second kappa shape index (κ2) is 7.81. The normalized spacial score (nSPS) is 10.3. The van der Waals surface area contributed by atoms with Crippen LogP contribution in [0.5, 0.6) is 11.5 Å². The van der Waals surface area contributed by atoms with E-state index >= 15 is 0 Å². The molecule has 1 N–H and O–H groups in total. The lowest BCUT2D eigenvalue weighted by molar-refractivity contribution is 0.0948. The van der Waals surface area contributed by atoms with Gasteiger partial charge >= 0.3 is 0 Å². The summed E-state index contributed by atoms with van der Waals surface area (Å²) in [4.78, 5) is 17.9. The van der Waals surface area contributed by atoms with Crippen LogP contribution in [0.4, 0.5) is 0 Å². The number of hydrogen-bond acceptors (Lipinski definition) is 5. The molecule has 3 rings (SSSR count). The molecule has 1 amide bonds. The number of benzene rings is 1. The van der Waals surface area contributed by atoms with Crippen LogP contribution < -0.4 is 14.8 Å². The highest BCUT2D eigenvalue weighted by Crippen LogP contribution is 2.25. The summed E-state index contributed by atoms with van der Waals surface area (Å²) in [5, 5.41) is 4.93. The van der Waals surface area contributed by atoms with Crippen LogP contribution in [0, 0.1) is 0 Å². The number of nitrogens with zero attached hydrogens (tertiary/aromatic N) is 1. The highest BCUT2D eigenvalue weighted by atomic mass is 32.1. The Labute approximate surface area is 150 Å². The van der Waals surface area contributed by atoms with Crippen LogP contribution in [0.1, 0.15) is 15.9 Å². The van der Waals surface area contributed by atoms with Gasteiger partial charge in [0.1, 0.15) is 11.5 Å². The third-order valence-corrected chi connectivity index (χ3v) is 4.63. The summed E-state index contributed by atoms with van der Waals surface area (Å²) in [6.45, 7) is 0.389. The second-order valence-electron chi connectivity index (χ2n) is 5.31. The van der Waals surface area contributed by atoms with E-state index in [9.17, 15) is 4.79 Å². The summed E-state index contributed by atoms with van der Waals surface area (Å²) in [6, 6.07) is 11.2. The van der Waals surface area contributed by atoms with Gasteiger partial charge in [-0.3, -0.25) is 9.78 Å². The average molecular weight is 354 g/mol. The Bertz CT molecular complexity index is 863. The number of carbonyl (C=O) groups excluding carboxylic acids is 1. The lowest BCUT2D eigenvalue weighted by Gasteiger charge is -2.11. The number of aromatic nitrogens is 1. The van der Waals surface area contributed by atoms with Gasteiger partial charge in [-0.25, -0.2) is 0 Å². The van der Waals surface area contributed by atoms with E-state index in [2.05, 4.69) is 10.3 Å². The fraction of sp³-hybridized carbons (Fsp3) is 0.158. The molecule has 3 aromatic rings. The zero-order valence-electron chi connectivity index (χ0n) is 14.0. The van der Waals surface area contributed by atoms with Gasteiger partial charge < -0.3 is 14.8 Å². The van der Waals surface area contributed by atoms with Crippen LogP contribution in [-0.2, 0) is 6.54 Å². The van der Waals surface area contributed by atoms with Gasteiger partial charge in [-0.15, -0.1) is 11.3 Å². The summed E-state index contributed by atoms with van der Waals surface area (Å²) in [6.07, 6.45) is 3.58. The van der Waals surface area contributed by atoms with Crippen molar-refractivity contribution in [3.63, 3.8) is 0 Å². The Balaban J connectivity index is 1.72. The van der Waals surface area contributed by atoms with E-state index in [0.717, 1.165) is 16.0 Å². The van der Waals surface area contributed by atoms with Crippen molar-refractivity contribution < 1.29 is 14.3 Å². The summed E-state index contributed by atoms with van der Waals surface area (Å²) >= 11 is 1.66. The third-order valence-electron chi connectivity index (χ3n) is 3.71. The molecule has 25 heavy (non-hydrogen) atoms. The van der Waals surface area contributed by atoms with Crippen LogP contribution in [0.2, 0.25) is 0 Å². The Morgan fingerprint density at radius 1 is 1.16 bits per heavy atom. The van der Waals surface area contributed by atoms with E-state index in [1.54, 1.807) is 42.8 Å². The van der Waals surface area contributed by atoms with Crippen LogP contribution in [0.15, 0.2) is 54.2 Å². The van der Waals surface area contributed by atoms with Gasteiger partial charge in [-0.1, -0.05) is 6.07 Å². The van der Waals surface area contributed by atoms with Crippen LogP contribution in [0.25, 0.3) is 10.4 Å². The number of rotatable bonds is 6. The molecular formula is C19H18N2O3S. The van der Waals surface area contributed by atoms with Gasteiger partial charge in [-0.05, 0) is 35.2 Å². The maximum Gasteiger partial charge on any atom is 0.255 e. The van der Waals surface area contributed by atoms with Gasteiger partial charge in [0.2, 0.25) is 0 Å². The maximum atomic E-state index is 12.5. The molecule has 0 bridgehead atoms. The molecule has 0 aliphatic heterocycles. The molecule has 0 aliphatic carbocycles.